The maximum atomic E-state index is 4.67. The average molecular weight is 489 g/mol. The zero-order valence-electron chi connectivity index (χ0n) is 21.7. The maximum absolute atomic E-state index is 4.67. The Balaban J connectivity index is 1.70. The molecule has 0 saturated carbocycles. The summed E-state index contributed by atoms with van der Waals surface area (Å²) >= 11 is 0. The van der Waals surface area contributed by atoms with Crippen LogP contribution in [0.4, 0.5) is 0 Å². The molecule has 0 aromatic heterocycles. The Morgan fingerprint density at radius 2 is 1.13 bits per heavy atom. The van der Waals surface area contributed by atoms with Crippen molar-refractivity contribution >= 4 is 22.8 Å². The van der Waals surface area contributed by atoms with E-state index < -0.39 is 0 Å². The van der Waals surface area contributed by atoms with Crippen molar-refractivity contribution in [2.24, 2.45) is 0 Å². The van der Waals surface area contributed by atoms with Crippen molar-refractivity contribution in [1.29, 1.82) is 0 Å². The number of benzene rings is 4. The third-order valence-electron chi connectivity index (χ3n) is 6.97. The van der Waals surface area contributed by atoms with E-state index in [2.05, 4.69) is 153 Å². The van der Waals surface area contributed by atoms with Crippen LogP contribution in [0.3, 0.4) is 0 Å². The first-order valence-corrected chi connectivity index (χ1v) is 13.1. The Labute approximate surface area is 226 Å². The molecular formula is C38H32. The summed E-state index contributed by atoms with van der Waals surface area (Å²) in [5.41, 5.74) is 9.24. The van der Waals surface area contributed by atoms with Gasteiger partial charge < -0.3 is 0 Å². The van der Waals surface area contributed by atoms with E-state index in [1.807, 2.05) is 6.07 Å². The topological polar surface area (TPSA) is 0 Å². The Kier molecular flexibility index (Phi) is 7.92. The molecule has 5 rings (SSSR count). The van der Waals surface area contributed by atoms with E-state index in [4.69, 9.17) is 0 Å². The van der Waals surface area contributed by atoms with Gasteiger partial charge in [-0.1, -0.05) is 159 Å². The van der Waals surface area contributed by atoms with E-state index >= 15 is 0 Å². The second-order valence-electron chi connectivity index (χ2n) is 9.43. The highest BCUT2D eigenvalue weighted by molar-refractivity contribution is 6.01. The fourth-order valence-corrected chi connectivity index (χ4v) is 4.99. The van der Waals surface area contributed by atoms with Crippen LogP contribution in [0.25, 0.3) is 33.9 Å². The lowest BCUT2D eigenvalue weighted by atomic mass is 9.87. The van der Waals surface area contributed by atoms with Crippen LogP contribution in [-0.4, -0.2) is 0 Å². The molecule has 0 nitrogen and oxygen atoms in total. The minimum absolute atomic E-state index is 0.795. The fourth-order valence-electron chi connectivity index (χ4n) is 4.99. The van der Waals surface area contributed by atoms with Crippen molar-refractivity contribution in [2.75, 3.05) is 0 Å². The number of rotatable bonds is 6. The second-order valence-corrected chi connectivity index (χ2v) is 9.43. The molecule has 0 radical (unpaired) electrons. The molecule has 0 atom stereocenters. The van der Waals surface area contributed by atoms with E-state index in [-0.39, 0.29) is 0 Å². The van der Waals surface area contributed by atoms with Crippen LogP contribution in [0.5, 0.6) is 0 Å². The van der Waals surface area contributed by atoms with Gasteiger partial charge in [-0.25, -0.2) is 0 Å². The van der Waals surface area contributed by atoms with E-state index in [9.17, 15) is 0 Å². The molecule has 0 N–H and O–H groups in total. The molecule has 0 heteroatoms. The number of fused-ring (bicyclic) bond motifs is 1. The van der Waals surface area contributed by atoms with Gasteiger partial charge in [-0.05, 0) is 67.8 Å². The third-order valence-corrected chi connectivity index (χ3v) is 6.97. The van der Waals surface area contributed by atoms with Crippen LogP contribution < -0.4 is 10.4 Å². The standard InChI is InChI=1S/C38H32/c1-29(27-28-31-17-7-5-8-18-31)33-21-11-3-4-12-22-35(38-26-16-15-25-37(33)38)30(2)34-23-13-14-24-36(34)32-19-9-6-10-20-32/h3-20,23-28H,1-2,21-22H2/b11-3-,12-4-,28-27-,37-33+,38-35+. The molecular weight excluding hydrogens is 456 g/mol. The molecule has 0 aliphatic heterocycles. The Morgan fingerprint density at radius 1 is 0.579 bits per heavy atom. The van der Waals surface area contributed by atoms with Crippen LogP contribution in [0, 0.1) is 0 Å². The van der Waals surface area contributed by atoms with Crippen molar-refractivity contribution in [3.8, 4) is 11.1 Å². The van der Waals surface area contributed by atoms with Gasteiger partial charge in [0.2, 0.25) is 0 Å². The highest BCUT2D eigenvalue weighted by Gasteiger charge is 2.13. The normalized spacial score (nSPS) is 17.9. The minimum Gasteiger partial charge on any atom is -0.0915 e. The minimum atomic E-state index is 0.795. The molecule has 0 saturated heterocycles. The first-order valence-electron chi connectivity index (χ1n) is 13.1. The molecule has 0 fully saturated rings. The monoisotopic (exact) mass is 488 g/mol. The lowest BCUT2D eigenvalue weighted by Crippen LogP contribution is -2.29. The predicted molar refractivity (Wildman–Crippen MR) is 166 cm³/mol. The van der Waals surface area contributed by atoms with Gasteiger partial charge in [-0.2, -0.15) is 0 Å². The predicted octanol–water partition coefficient (Wildman–Crippen LogP) is 8.54. The van der Waals surface area contributed by atoms with E-state index in [1.54, 1.807) is 0 Å². The molecule has 4 aromatic carbocycles. The van der Waals surface area contributed by atoms with Crippen LogP contribution in [0.15, 0.2) is 158 Å². The summed E-state index contributed by atoms with van der Waals surface area (Å²) in [5, 5.41) is 2.42. The Morgan fingerprint density at radius 3 is 1.84 bits per heavy atom. The van der Waals surface area contributed by atoms with Gasteiger partial charge in [0.25, 0.3) is 0 Å². The molecule has 1 aliphatic carbocycles. The van der Waals surface area contributed by atoms with Crippen molar-refractivity contribution in [3.63, 3.8) is 0 Å². The first-order chi connectivity index (χ1) is 18.7. The van der Waals surface area contributed by atoms with Crippen LogP contribution in [0.2, 0.25) is 0 Å². The maximum Gasteiger partial charge on any atom is -0.00822 e. The summed E-state index contributed by atoms with van der Waals surface area (Å²) in [4.78, 5) is 0. The lowest BCUT2D eigenvalue weighted by Gasteiger charge is -2.16. The number of hydrogen-bond donors (Lipinski definition) is 0. The fraction of sp³-hybridized carbons (Fsp3) is 0.0526. The van der Waals surface area contributed by atoms with Gasteiger partial charge in [0.05, 0.1) is 0 Å². The average Bonchev–Trinajstić information content (AvgIpc) is 2.98. The smallest absolute Gasteiger partial charge is 0.00822 e. The van der Waals surface area contributed by atoms with Gasteiger partial charge >= 0.3 is 0 Å². The zero-order valence-corrected chi connectivity index (χ0v) is 21.7. The molecule has 4 aromatic rings. The molecule has 38 heavy (non-hydrogen) atoms. The highest BCUT2D eigenvalue weighted by Crippen LogP contribution is 2.33. The van der Waals surface area contributed by atoms with Gasteiger partial charge in [0.1, 0.15) is 0 Å². The van der Waals surface area contributed by atoms with Crippen LogP contribution in [-0.2, 0) is 0 Å². The molecule has 0 bridgehead atoms. The quantitative estimate of drug-likeness (QED) is 0.239. The zero-order chi connectivity index (χ0) is 26.2. The van der Waals surface area contributed by atoms with Gasteiger partial charge in [0.15, 0.2) is 0 Å². The van der Waals surface area contributed by atoms with Crippen LogP contribution in [0.1, 0.15) is 24.0 Å². The largest absolute Gasteiger partial charge is 0.0915 e. The molecule has 0 spiro atoms. The van der Waals surface area contributed by atoms with Crippen molar-refractivity contribution in [1.82, 2.24) is 0 Å². The van der Waals surface area contributed by atoms with Crippen molar-refractivity contribution in [2.45, 2.75) is 12.8 Å². The summed E-state index contributed by atoms with van der Waals surface area (Å²) in [6.07, 6.45) is 14.6. The second kappa shape index (κ2) is 12.0. The SMILES string of the molecule is C=C(/C=C\c1ccccc1)/C1=c2\cccc\c2=C(/C(=C)c2ccccc2-c2ccccc2)C/C=C\C=C/C1. The first kappa shape index (κ1) is 25.0. The number of allylic oxidation sites excluding steroid dienone is 7. The van der Waals surface area contributed by atoms with E-state index in [0.717, 1.165) is 29.6 Å². The van der Waals surface area contributed by atoms with Crippen molar-refractivity contribution in [3.05, 3.63) is 180 Å². The van der Waals surface area contributed by atoms with Crippen molar-refractivity contribution < 1.29 is 0 Å². The molecule has 0 amide bonds. The third kappa shape index (κ3) is 5.66. The molecule has 0 heterocycles. The summed E-state index contributed by atoms with van der Waals surface area (Å²) in [6.45, 7) is 9.16. The summed E-state index contributed by atoms with van der Waals surface area (Å²) in [5.74, 6) is 0. The van der Waals surface area contributed by atoms with Crippen LogP contribution >= 0.6 is 0 Å². The molecule has 184 valence electrons. The number of hydrogen-bond acceptors (Lipinski definition) is 0. The van der Waals surface area contributed by atoms with E-state index in [1.165, 1.54) is 38.3 Å². The summed E-state index contributed by atoms with van der Waals surface area (Å²) in [6, 6.07) is 38.2. The summed E-state index contributed by atoms with van der Waals surface area (Å²) < 4.78 is 0. The highest BCUT2D eigenvalue weighted by atomic mass is 14.2. The molecule has 0 unspecified atom stereocenters. The van der Waals surface area contributed by atoms with Gasteiger partial charge in [0, 0.05) is 0 Å². The lowest BCUT2D eigenvalue weighted by molar-refractivity contribution is 1.30. The Hall–Kier alpha value is -4.68. The molecule has 1 aliphatic rings. The Bertz CT molecular complexity index is 1660. The van der Waals surface area contributed by atoms with E-state index in [0.29, 0.717) is 0 Å². The van der Waals surface area contributed by atoms with Gasteiger partial charge in [-0.15, -0.1) is 0 Å². The van der Waals surface area contributed by atoms with Gasteiger partial charge in [-0.3, -0.25) is 0 Å². The summed E-state index contributed by atoms with van der Waals surface area (Å²) in [7, 11) is 0.